The number of nitrogens with zero attached hydrogens (tertiary/aromatic N) is 4. The second-order valence-electron chi connectivity index (χ2n) is 6.73. The van der Waals surface area contributed by atoms with E-state index >= 15 is 0 Å². The van der Waals surface area contributed by atoms with Gasteiger partial charge in [0.05, 0.1) is 19.8 Å². The monoisotopic (exact) mass is 405 g/mol. The Morgan fingerprint density at radius 2 is 1.87 bits per heavy atom. The van der Waals surface area contributed by atoms with Crippen LogP contribution in [0.25, 0.3) is 0 Å². The molecule has 1 aliphatic rings. The van der Waals surface area contributed by atoms with Crippen LogP contribution < -0.4 is 10.1 Å². The van der Waals surface area contributed by atoms with Gasteiger partial charge < -0.3 is 14.8 Å². The third-order valence-electron chi connectivity index (χ3n) is 4.87. The van der Waals surface area contributed by atoms with Crippen molar-refractivity contribution in [1.82, 2.24) is 20.2 Å². The normalized spacial score (nSPS) is 15.2. The van der Waals surface area contributed by atoms with Crippen molar-refractivity contribution >= 4 is 17.7 Å². The number of benzene rings is 2. The standard InChI is InChI=1S/C21H19N5O4/c1-12-7-9-13(10-8-12)19(27)16-17(20(28)30-3)22-21-23-24-25-26(21)18(16)14-5-4-6-15(11-14)29-2/h4-11,18H,1-3H3,(H,22,23,25)/t18-/m1/s1. The lowest BCUT2D eigenvalue weighted by Crippen LogP contribution is -2.33. The summed E-state index contributed by atoms with van der Waals surface area (Å²) in [6.07, 6.45) is 0. The first-order valence-corrected chi connectivity index (χ1v) is 9.16. The summed E-state index contributed by atoms with van der Waals surface area (Å²) >= 11 is 0. The van der Waals surface area contributed by atoms with Crippen LogP contribution in [0.1, 0.15) is 27.5 Å². The fourth-order valence-corrected chi connectivity index (χ4v) is 3.37. The maximum atomic E-state index is 13.6. The highest BCUT2D eigenvalue weighted by molar-refractivity contribution is 6.14. The van der Waals surface area contributed by atoms with Crippen LogP contribution in [0.2, 0.25) is 0 Å². The molecule has 0 spiro atoms. The van der Waals surface area contributed by atoms with Gasteiger partial charge in [0.2, 0.25) is 5.95 Å². The van der Waals surface area contributed by atoms with E-state index in [0.717, 1.165) is 5.56 Å². The van der Waals surface area contributed by atoms with Gasteiger partial charge in [-0.1, -0.05) is 47.1 Å². The van der Waals surface area contributed by atoms with Crippen LogP contribution >= 0.6 is 0 Å². The fraction of sp³-hybridized carbons (Fsp3) is 0.190. The van der Waals surface area contributed by atoms with Crippen LogP contribution in [-0.2, 0) is 9.53 Å². The van der Waals surface area contributed by atoms with E-state index in [4.69, 9.17) is 9.47 Å². The minimum absolute atomic E-state index is 0.00167. The first-order chi connectivity index (χ1) is 14.5. The summed E-state index contributed by atoms with van der Waals surface area (Å²) in [5.41, 5.74) is 2.31. The van der Waals surface area contributed by atoms with Crippen molar-refractivity contribution in [3.05, 3.63) is 76.5 Å². The molecule has 1 atom stereocenters. The minimum atomic E-state index is -0.755. The van der Waals surface area contributed by atoms with Gasteiger partial charge in [-0.25, -0.2) is 4.79 Å². The molecule has 0 fully saturated rings. The zero-order valence-corrected chi connectivity index (χ0v) is 16.6. The molecule has 1 N–H and O–H groups in total. The highest BCUT2D eigenvalue weighted by atomic mass is 16.5. The zero-order valence-electron chi connectivity index (χ0n) is 16.6. The molecule has 0 saturated heterocycles. The van der Waals surface area contributed by atoms with Gasteiger partial charge in [0.1, 0.15) is 17.5 Å². The highest BCUT2D eigenvalue weighted by Gasteiger charge is 2.38. The number of carbonyl (C=O) groups is 2. The van der Waals surface area contributed by atoms with Gasteiger partial charge in [-0.3, -0.25) is 4.79 Å². The Labute approximate surface area is 172 Å². The second-order valence-corrected chi connectivity index (χ2v) is 6.73. The molecule has 152 valence electrons. The quantitative estimate of drug-likeness (QED) is 0.509. The molecular weight excluding hydrogens is 386 g/mol. The molecule has 2 aromatic carbocycles. The first kappa shape index (κ1) is 19.3. The van der Waals surface area contributed by atoms with Gasteiger partial charge in [0.25, 0.3) is 0 Å². The van der Waals surface area contributed by atoms with Gasteiger partial charge in [-0.05, 0) is 35.0 Å². The Kier molecular flexibility index (Phi) is 5.01. The lowest BCUT2D eigenvalue weighted by Gasteiger charge is -2.28. The lowest BCUT2D eigenvalue weighted by molar-refractivity contribution is -0.136. The average molecular weight is 405 g/mol. The van der Waals surface area contributed by atoms with E-state index in [1.165, 1.54) is 11.8 Å². The minimum Gasteiger partial charge on any atom is -0.497 e. The van der Waals surface area contributed by atoms with Crippen LogP contribution in [0.5, 0.6) is 5.75 Å². The number of hydrogen-bond acceptors (Lipinski definition) is 8. The number of ketones is 1. The summed E-state index contributed by atoms with van der Waals surface area (Å²) in [6, 6.07) is 13.5. The number of fused-ring (bicyclic) bond motifs is 1. The molecule has 3 aromatic rings. The van der Waals surface area contributed by atoms with Crippen molar-refractivity contribution in [3.63, 3.8) is 0 Å². The van der Waals surface area contributed by atoms with Crippen molar-refractivity contribution in [2.45, 2.75) is 13.0 Å². The third-order valence-corrected chi connectivity index (χ3v) is 4.87. The molecular formula is C21H19N5O4. The van der Waals surface area contributed by atoms with E-state index in [0.29, 0.717) is 16.9 Å². The number of tetrazole rings is 1. The Balaban J connectivity index is 1.95. The molecule has 0 saturated carbocycles. The molecule has 2 heterocycles. The van der Waals surface area contributed by atoms with Crippen LogP contribution in [0.15, 0.2) is 59.8 Å². The number of aryl methyl sites for hydroxylation is 1. The number of rotatable bonds is 5. The highest BCUT2D eigenvalue weighted by Crippen LogP contribution is 2.37. The topological polar surface area (TPSA) is 108 Å². The number of ether oxygens (including phenoxy) is 2. The van der Waals surface area contributed by atoms with Crippen LogP contribution in [0.3, 0.4) is 0 Å². The molecule has 0 radical (unpaired) electrons. The maximum absolute atomic E-state index is 13.6. The first-order valence-electron chi connectivity index (χ1n) is 9.16. The average Bonchev–Trinajstić information content (AvgIpc) is 3.25. The van der Waals surface area contributed by atoms with E-state index in [2.05, 4.69) is 20.8 Å². The van der Waals surface area contributed by atoms with Gasteiger partial charge in [0.15, 0.2) is 5.78 Å². The summed E-state index contributed by atoms with van der Waals surface area (Å²) in [5, 5.41) is 14.5. The SMILES string of the molecule is COC(=O)C1=C(C(=O)c2ccc(C)cc2)[C@@H](c2cccc(OC)c2)n2nnnc2N1. The van der Waals surface area contributed by atoms with Gasteiger partial charge >= 0.3 is 5.97 Å². The van der Waals surface area contributed by atoms with Crippen molar-refractivity contribution in [3.8, 4) is 5.75 Å². The molecule has 4 rings (SSSR count). The summed E-state index contributed by atoms with van der Waals surface area (Å²) in [5.74, 6) is -0.199. The van der Waals surface area contributed by atoms with E-state index in [1.807, 2.05) is 25.1 Å². The molecule has 9 heteroatoms. The zero-order chi connectivity index (χ0) is 21.3. The molecule has 0 aliphatic carbocycles. The van der Waals surface area contributed by atoms with Crippen molar-refractivity contribution in [2.75, 3.05) is 19.5 Å². The van der Waals surface area contributed by atoms with Crippen molar-refractivity contribution < 1.29 is 19.1 Å². The van der Waals surface area contributed by atoms with E-state index < -0.39 is 12.0 Å². The second kappa shape index (κ2) is 7.78. The van der Waals surface area contributed by atoms with E-state index in [9.17, 15) is 9.59 Å². The maximum Gasteiger partial charge on any atom is 0.355 e. The summed E-state index contributed by atoms with van der Waals surface area (Å²) in [4.78, 5) is 26.2. The number of nitrogens with one attached hydrogen (secondary N) is 1. The third kappa shape index (κ3) is 3.30. The molecule has 1 aliphatic heterocycles. The number of esters is 1. The Morgan fingerprint density at radius 3 is 2.57 bits per heavy atom. The number of carbonyl (C=O) groups excluding carboxylic acids is 2. The Hall–Kier alpha value is -4.01. The molecule has 9 nitrogen and oxygen atoms in total. The molecule has 30 heavy (non-hydrogen) atoms. The predicted octanol–water partition coefficient (Wildman–Crippen LogP) is 2.32. The number of hydrogen-bond donors (Lipinski definition) is 1. The van der Waals surface area contributed by atoms with Crippen LogP contribution in [0, 0.1) is 6.92 Å². The molecule has 0 amide bonds. The van der Waals surface area contributed by atoms with Crippen LogP contribution in [0.4, 0.5) is 5.95 Å². The number of methoxy groups -OCH3 is 2. The van der Waals surface area contributed by atoms with Crippen molar-refractivity contribution in [2.24, 2.45) is 0 Å². The molecule has 1 aromatic heterocycles. The number of allylic oxidation sites excluding steroid dienone is 1. The fourth-order valence-electron chi connectivity index (χ4n) is 3.37. The summed E-state index contributed by atoms with van der Waals surface area (Å²) in [7, 11) is 2.81. The molecule has 0 bridgehead atoms. The number of anilines is 1. The summed E-state index contributed by atoms with van der Waals surface area (Å²) < 4.78 is 11.7. The van der Waals surface area contributed by atoms with Gasteiger partial charge in [0, 0.05) is 5.56 Å². The van der Waals surface area contributed by atoms with Gasteiger partial charge in [-0.15, -0.1) is 0 Å². The number of Topliss-reactive ketones (excluding diaryl/α,β-unsaturated/α-hetero) is 1. The van der Waals surface area contributed by atoms with Crippen LogP contribution in [-0.4, -0.2) is 46.2 Å². The smallest absolute Gasteiger partial charge is 0.355 e. The summed E-state index contributed by atoms with van der Waals surface area (Å²) in [6.45, 7) is 1.93. The Bertz CT molecular complexity index is 1150. The van der Waals surface area contributed by atoms with Gasteiger partial charge in [-0.2, -0.15) is 4.68 Å². The Morgan fingerprint density at radius 1 is 1.10 bits per heavy atom. The van der Waals surface area contributed by atoms with Crippen molar-refractivity contribution in [1.29, 1.82) is 0 Å². The predicted molar refractivity (Wildman–Crippen MR) is 107 cm³/mol. The largest absolute Gasteiger partial charge is 0.497 e. The lowest BCUT2D eigenvalue weighted by atomic mass is 9.89. The molecule has 0 unspecified atom stereocenters. The number of aromatic nitrogens is 4. The van der Waals surface area contributed by atoms with E-state index in [1.54, 1.807) is 37.4 Å². The van der Waals surface area contributed by atoms with E-state index in [-0.39, 0.29) is 23.0 Å².